The van der Waals surface area contributed by atoms with E-state index in [1.54, 1.807) is 12.1 Å². The number of halogens is 2. The first-order valence-electron chi connectivity index (χ1n) is 11.2. The van der Waals surface area contributed by atoms with Crippen LogP contribution < -0.4 is 16.0 Å². The molecule has 0 radical (unpaired) electrons. The molecule has 4 fully saturated rings. The second kappa shape index (κ2) is 7.90. The average Bonchev–Trinajstić information content (AvgIpc) is 3.40. The van der Waals surface area contributed by atoms with Gasteiger partial charge in [-0.1, -0.05) is 22.0 Å². The quantitative estimate of drug-likeness (QED) is 0.609. The Hall–Kier alpha value is -1.47. The number of hydrogen-bond acceptors (Lipinski definition) is 3. The minimum atomic E-state index is -0.337. The Balaban J connectivity index is 1.31. The van der Waals surface area contributed by atoms with Gasteiger partial charge < -0.3 is 16.0 Å². The first-order valence-corrected chi connectivity index (χ1v) is 12.0. The molecule has 3 N–H and O–H groups in total. The molecular formula is C23H29BrFN3O2. The molecule has 4 atom stereocenters. The molecule has 2 amide bonds. The predicted octanol–water partition coefficient (Wildman–Crippen LogP) is 3.13. The van der Waals surface area contributed by atoms with E-state index in [0.29, 0.717) is 21.9 Å². The van der Waals surface area contributed by atoms with Crippen LogP contribution >= 0.6 is 15.9 Å². The Morgan fingerprint density at radius 2 is 1.73 bits per heavy atom. The lowest BCUT2D eigenvalue weighted by Crippen LogP contribution is -2.49. The van der Waals surface area contributed by atoms with E-state index in [9.17, 15) is 14.0 Å². The Morgan fingerprint density at radius 3 is 2.37 bits per heavy atom. The van der Waals surface area contributed by atoms with Crippen LogP contribution in [0.15, 0.2) is 22.7 Å². The van der Waals surface area contributed by atoms with Gasteiger partial charge in [0.25, 0.3) is 0 Å². The molecule has 5 nitrogen and oxygen atoms in total. The Bertz CT molecular complexity index is 853. The van der Waals surface area contributed by atoms with Crippen LogP contribution in [0.1, 0.15) is 44.1 Å². The maximum atomic E-state index is 14.2. The molecule has 7 heteroatoms. The summed E-state index contributed by atoms with van der Waals surface area (Å²) in [7, 11) is 0. The largest absolute Gasteiger partial charge is 0.353 e. The van der Waals surface area contributed by atoms with Gasteiger partial charge in [0, 0.05) is 22.6 Å². The van der Waals surface area contributed by atoms with Crippen LogP contribution in [-0.2, 0) is 16.1 Å². The average molecular weight is 478 g/mol. The molecule has 0 aromatic heterocycles. The van der Waals surface area contributed by atoms with Gasteiger partial charge in [-0.2, -0.15) is 0 Å². The van der Waals surface area contributed by atoms with Gasteiger partial charge in [-0.05, 0) is 81.0 Å². The Kier molecular flexibility index (Phi) is 5.38. The minimum Gasteiger partial charge on any atom is -0.353 e. The highest BCUT2D eigenvalue weighted by Gasteiger charge is 2.71. The zero-order chi connectivity index (χ0) is 20.9. The van der Waals surface area contributed by atoms with Gasteiger partial charge >= 0.3 is 0 Å². The second-order valence-corrected chi connectivity index (χ2v) is 10.5. The molecular weight excluding hydrogens is 449 g/mol. The van der Waals surface area contributed by atoms with Crippen LogP contribution in [0.4, 0.5) is 4.39 Å². The molecule has 5 rings (SSSR count). The molecule has 1 aromatic carbocycles. The van der Waals surface area contributed by atoms with Crippen molar-refractivity contribution in [3.63, 3.8) is 0 Å². The number of carbonyl (C=O) groups is 2. The van der Waals surface area contributed by atoms with E-state index in [2.05, 4.69) is 31.9 Å². The van der Waals surface area contributed by atoms with E-state index >= 15 is 0 Å². The number of amides is 2. The zero-order valence-corrected chi connectivity index (χ0v) is 18.6. The highest BCUT2D eigenvalue weighted by Crippen LogP contribution is 2.74. The summed E-state index contributed by atoms with van der Waals surface area (Å²) in [6.07, 6.45) is 6.26. The van der Waals surface area contributed by atoms with Crippen LogP contribution in [0.3, 0.4) is 0 Å². The molecule has 4 aliphatic rings. The van der Waals surface area contributed by atoms with Crippen molar-refractivity contribution in [2.45, 2.75) is 51.1 Å². The molecule has 1 aliphatic heterocycles. The first-order chi connectivity index (χ1) is 14.5. The van der Waals surface area contributed by atoms with Gasteiger partial charge in [-0.3, -0.25) is 9.59 Å². The van der Waals surface area contributed by atoms with Crippen molar-refractivity contribution in [1.82, 2.24) is 16.0 Å². The lowest BCUT2D eigenvalue weighted by atomic mass is 9.78. The molecule has 1 heterocycles. The molecule has 3 aliphatic carbocycles. The Morgan fingerprint density at radius 1 is 1.07 bits per heavy atom. The second-order valence-electron chi connectivity index (χ2n) is 9.56. The standard InChI is InChI=1S/C23H29BrFN3O2/c24-14-2-1-13(18(25)11-14)12-27-21(29)19-16-3-4-17(23(16)7-8-23)20(19)22(30)28-15-5-9-26-10-6-15/h1-2,11,15-17,19-20,26H,3-10,12H2,(H,27,29)(H,28,30). The van der Waals surface area contributed by atoms with E-state index in [-0.39, 0.29) is 47.5 Å². The maximum absolute atomic E-state index is 14.2. The van der Waals surface area contributed by atoms with Crippen LogP contribution in [-0.4, -0.2) is 30.9 Å². The summed E-state index contributed by atoms with van der Waals surface area (Å²) in [5, 5.41) is 9.54. The predicted molar refractivity (Wildman–Crippen MR) is 115 cm³/mol. The molecule has 4 unspecified atom stereocenters. The van der Waals surface area contributed by atoms with Crippen molar-refractivity contribution < 1.29 is 14.0 Å². The fourth-order valence-electron chi connectivity index (χ4n) is 6.59. The van der Waals surface area contributed by atoms with E-state index in [1.807, 2.05) is 0 Å². The molecule has 2 bridgehead atoms. The Labute approximate surface area is 185 Å². The monoisotopic (exact) mass is 477 g/mol. The number of benzene rings is 1. The summed E-state index contributed by atoms with van der Waals surface area (Å²) in [5.74, 6) is -0.263. The molecule has 1 saturated heterocycles. The normalized spacial score (nSPS) is 31.7. The SMILES string of the molecule is O=C(NCc1ccc(Br)cc1F)C1C(C(=O)NC2CCNCC2)C2CCC1C21CC1. The smallest absolute Gasteiger partial charge is 0.224 e. The number of piperidine rings is 1. The molecule has 1 aromatic rings. The lowest BCUT2D eigenvalue weighted by Gasteiger charge is -2.32. The molecule has 162 valence electrons. The van der Waals surface area contributed by atoms with Crippen LogP contribution in [0.2, 0.25) is 0 Å². The fourth-order valence-corrected chi connectivity index (χ4v) is 6.92. The van der Waals surface area contributed by atoms with Gasteiger partial charge in [-0.15, -0.1) is 0 Å². The van der Waals surface area contributed by atoms with Crippen molar-refractivity contribution in [2.75, 3.05) is 13.1 Å². The summed E-state index contributed by atoms with van der Waals surface area (Å²) >= 11 is 3.26. The molecule has 30 heavy (non-hydrogen) atoms. The van der Waals surface area contributed by atoms with Crippen molar-refractivity contribution in [3.8, 4) is 0 Å². The van der Waals surface area contributed by atoms with E-state index < -0.39 is 0 Å². The highest BCUT2D eigenvalue weighted by molar-refractivity contribution is 9.10. The van der Waals surface area contributed by atoms with E-state index in [0.717, 1.165) is 51.6 Å². The summed E-state index contributed by atoms with van der Waals surface area (Å²) in [5.41, 5.74) is 0.674. The van der Waals surface area contributed by atoms with Crippen LogP contribution in [0, 0.1) is 34.9 Å². The zero-order valence-electron chi connectivity index (χ0n) is 17.1. The van der Waals surface area contributed by atoms with E-state index in [1.165, 1.54) is 6.07 Å². The van der Waals surface area contributed by atoms with Gasteiger partial charge in [0.05, 0.1) is 11.8 Å². The third kappa shape index (κ3) is 3.48. The van der Waals surface area contributed by atoms with Gasteiger partial charge in [0.1, 0.15) is 5.82 Å². The number of carbonyl (C=O) groups excluding carboxylic acids is 2. The molecule has 3 saturated carbocycles. The summed E-state index contributed by atoms with van der Waals surface area (Å²) in [4.78, 5) is 26.6. The minimum absolute atomic E-state index is 0.0651. The third-order valence-electron chi connectivity index (χ3n) is 8.11. The van der Waals surface area contributed by atoms with Crippen LogP contribution in [0.25, 0.3) is 0 Å². The summed E-state index contributed by atoms with van der Waals surface area (Å²) < 4.78 is 14.9. The number of hydrogen-bond donors (Lipinski definition) is 3. The lowest BCUT2D eigenvalue weighted by molar-refractivity contribution is -0.137. The van der Waals surface area contributed by atoms with Gasteiger partial charge in [0.2, 0.25) is 11.8 Å². The number of rotatable bonds is 5. The van der Waals surface area contributed by atoms with Gasteiger partial charge in [-0.25, -0.2) is 4.39 Å². The summed E-state index contributed by atoms with van der Waals surface area (Å²) in [6.45, 7) is 2.00. The van der Waals surface area contributed by atoms with Crippen LogP contribution in [0.5, 0.6) is 0 Å². The van der Waals surface area contributed by atoms with Crippen molar-refractivity contribution in [3.05, 3.63) is 34.1 Å². The van der Waals surface area contributed by atoms with Crippen molar-refractivity contribution >= 4 is 27.7 Å². The first kappa shape index (κ1) is 20.4. The maximum Gasteiger partial charge on any atom is 0.224 e. The van der Waals surface area contributed by atoms with Crippen molar-refractivity contribution in [1.29, 1.82) is 0 Å². The van der Waals surface area contributed by atoms with Gasteiger partial charge in [0.15, 0.2) is 0 Å². The summed E-state index contributed by atoms with van der Waals surface area (Å²) in [6, 6.07) is 5.07. The third-order valence-corrected chi connectivity index (χ3v) is 8.60. The highest BCUT2D eigenvalue weighted by atomic mass is 79.9. The fraction of sp³-hybridized carbons (Fsp3) is 0.652. The number of nitrogens with one attached hydrogen (secondary N) is 3. The van der Waals surface area contributed by atoms with E-state index in [4.69, 9.17) is 0 Å². The molecule has 1 spiro atoms. The van der Waals surface area contributed by atoms with Crippen molar-refractivity contribution in [2.24, 2.45) is 29.1 Å². The topological polar surface area (TPSA) is 70.2 Å².